The Hall–Kier alpha value is -2.00. The van der Waals surface area contributed by atoms with E-state index in [4.69, 9.17) is 11.6 Å². The standard InChI is InChI=1S/C17H19ClN2O/c1-11-6-12(2)8-15(7-11)19-10-17(21)20-16-9-14(18)5-4-13(16)3/h4-9,19H,10H2,1-3H3,(H,20,21). The molecule has 110 valence electrons. The smallest absolute Gasteiger partial charge is 0.243 e. The predicted octanol–water partition coefficient (Wildman–Crippen LogP) is 4.32. The lowest BCUT2D eigenvalue weighted by molar-refractivity contribution is -0.114. The molecule has 0 aliphatic heterocycles. The molecule has 0 heterocycles. The van der Waals surface area contributed by atoms with Crippen LogP contribution in [-0.2, 0) is 4.79 Å². The number of halogens is 1. The summed E-state index contributed by atoms with van der Waals surface area (Å²) in [5.74, 6) is -0.0977. The average Bonchev–Trinajstić information content (AvgIpc) is 2.40. The van der Waals surface area contributed by atoms with Gasteiger partial charge in [-0.15, -0.1) is 0 Å². The van der Waals surface area contributed by atoms with E-state index in [1.54, 1.807) is 12.1 Å². The minimum absolute atomic E-state index is 0.0977. The number of nitrogens with one attached hydrogen (secondary N) is 2. The van der Waals surface area contributed by atoms with E-state index in [0.717, 1.165) is 16.9 Å². The summed E-state index contributed by atoms with van der Waals surface area (Å²) >= 11 is 5.94. The molecule has 0 aromatic heterocycles. The van der Waals surface area contributed by atoms with E-state index in [-0.39, 0.29) is 12.5 Å². The van der Waals surface area contributed by atoms with Crippen molar-refractivity contribution in [2.75, 3.05) is 17.2 Å². The molecule has 0 fully saturated rings. The molecule has 3 nitrogen and oxygen atoms in total. The number of anilines is 2. The van der Waals surface area contributed by atoms with E-state index in [2.05, 4.69) is 16.7 Å². The third-order valence-electron chi connectivity index (χ3n) is 3.15. The normalized spacial score (nSPS) is 10.3. The average molecular weight is 303 g/mol. The van der Waals surface area contributed by atoms with Crippen molar-refractivity contribution in [2.45, 2.75) is 20.8 Å². The van der Waals surface area contributed by atoms with Gasteiger partial charge in [0.25, 0.3) is 0 Å². The lowest BCUT2D eigenvalue weighted by Crippen LogP contribution is -2.22. The van der Waals surface area contributed by atoms with E-state index in [0.29, 0.717) is 5.02 Å². The molecule has 0 radical (unpaired) electrons. The number of carbonyl (C=O) groups is 1. The first-order valence-corrected chi connectivity index (χ1v) is 7.20. The summed E-state index contributed by atoms with van der Waals surface area (Å²) in [4.78, 5) is 12.0. The van der Waals surface area contributed by atoms with Crippen molar-refractivity contribution >= 4 is 28.9 Å². The van der Waals surface area contributed by atoms with Crippen LogP contribution in [0.4, 0.5) is 11.4 Å². The molecule has 0 saturated carbocycles. The second-order valence-corrected chi connectivity index (χ2v) is 5.67. The van der Waals surface area contributed by atoms with E-state index < -0.39 is 0 Å². The molecule has 0 aliphatic carbocycles. The molecule has 0 aliphatic rings. The number of rotatable bonds is 4. The highest BCUT2D eigenvalue weighted by atomic mass is 35.5. The number of hydrogen-bond acceptors (Lipinski definition) is 2. The maximum absolute atomic E-state index is 12.0. The van der Waals surface area contributed by atoms with Gasteiger partial charge in [0.1, 0.15) is 0 Å². The monoisotopic (exact) mass is 302 g/mol. The summed E-state index contributed by atoms with van der Waals surface area (Å²) in [6, 6.07) is 11.6. The molecule has 2 rings (SSSR count). The maximum atomic E-state index is 12.0. The fraction of sp³-hybridized carbons (Fsp3) is 0.235. The van der Waals surface area contributed by atoms with Gasteiger partial charge in [0.2, 0.25) is 5.91 Å². The van der Waals surface area contributed by atoms with Crippen molar-refractivity contribution in [3.63, 3.8) is 0 Å². The van der Waals surface area contributed by atoms with Gasteiger partial charge in [-0.1, -0.05) is 23.7 Å². The highest BCUT2D eigenvalue weighted by Gasteiger charge is 2.06. The summed E-state index contributed by atoms with van der Waals surface area (Å²) in [5, 5.41) is 6.61. The zero-order valence-corrected chi connectivity index (χ0v) is 13.2. The minimum Gasteiger partial charge on any atom is -0.376 e. The molecule has 0 spiro atoms. The molecule has 0 bridgehead atoms. The Bertz CT molecular complexity index is 648. The molecule has 2 aromatic rings. The molecule has 21 heavy (non-hydrogen) atoms. The zero-order chi connectivity index (χ0) is 15.4. The third kappa shape index (κ3) is 4.50. The van der Waals surface area contributed by atoms with Crippen LogP contribution in [-0.4, -0.2) is 12.5 Å². The van der Waals surface area contributed by atoms with Crippen LogP contribution in [0.15, 0.2) is 36.4 Å². The van der Waals surface area contributed by atoms with Gasteiger partial charge in [0.05, 0.1) is 6.54 Å². The van der Waals surface area contributed by atoms with Crippen molar-refractivity contribution in [1.29, 1.82) is 0 Å². The summed E-state index contributed by atoms with van der Waals surface area (Å²) in [5.41, 5.74) is 5.02. The van der Waals surface area contributed by atoms with Gasteiger partial charge in [-0.2, -0.15) is 0 Å². The fourth-order valence-corrected chi connectivity index (χ4v) is 2.35. The summed E-state index contributed by atoms with van der Waals surface area (Å²) < 4.78 is 0. The van der Waals surface area contributed by atoms with Gasteiger partial charge in [-0.3, -0.25) is 4.79 Å². The van der Waals surface area contributed by atoms with Gasteiger partial charge in [0, 0.05) is 16.4 Å². The quantitative estimate of drug-likeness (QED) is 0.883. The number of aryl methyl sites for hydroxylation is 3. The Morgan fingerprint density at radius 2 is 1.71 bits per heavy atom. The number of amides is 1. The maximum Gasteiger partial charge on any atom is 0.243 e. The van der Waals surface area contributed by atoms with Gasteiger partial charge >= 0.3 is 0 Å². The second kappa shape index (κ2) is 6.64. The SMILES string of the molecule is Cc1cc(C)cc(NCC(=O)Nc2cc(Cl)ccc2C)c1. The summed E-state index contributed by atoms with van der Waals surface area (Å²) in [6.07, 6.45) is 0. The van der Waals surface area contributed by atoms with Crippen molar-refractivity contribution in [3.8, 4) is 0 Å². The third-order valence-corrected chi connectivity index (χ3v) is 3.38. The Kier molecular flexibility index (Phi) is 4.86. The lowest BCUT2D eigenvalue weighted by atomic mass is 10.1. The minimum atomic E-state index is -0.0977. The molecular weight excluding hydrogens is 284 g/mol. The first-order chi connectivity index (χ1) is 9.94. The van der Waals surface area contributed by atoms with Gasteiger partial charge < -0.3 is 10.6 Å². The molecular formula is C17H19ClN2O. The Labute approximate surface area is 130 Å². The first-order valence-electron chi connectivity index (χ1n) is 6.82. The molecule has 2 N–H and O–H groups in total. The number of hydrogen-bond donors (Lipinski definition) is 2. The summed E-state index contributed by atoms with van der Waals surface area (Å²) in [7, 11) is 0. The molecule has 0 atom stereocenters. The predicted molar refractivity (Wildman–Crippen MR) is 89.2 cm³/mol. The van der Waals surface area contributed by atoms with Crippen LogP contribution < -0.4 is 10.6 Å². The van der Waals surface area contributed by atoms with Crippen LogP contribution in [0, 0.1) is 20.8 Å². The van der Waals surface area contributed by atoms with Gasteiger partial charge in [-0.25, -0.2) is 0 Å². The molecule has 0 unspecified atom stereocenters. The van der Waals surface area contributed by atoms with Crippen LogP contribution in [0.3, 0.4) is 0 Å². The van der Waals surface area contributed by atoms with Crippen molar-refractivity contribution in [1.82, 2.24) is 0 Å². The Balaban J connectivity index is 1.97. The Morgan fingerprint density at radius 1 is 1.05 bits per heavy atom. The van der Waals surface area contributed by atoms with Crippen LogP contribution in [0.5, 0.6) is 0 Å². The lowest BCUT2D eigenvalue weighted by Gasteiger charge is -2.11. The van der Waals surface area contributed by atoms with Crippen molar-refractivity contribution in [3.05, 3.63) is 58.1 Å². The topological polar surface area (TPSA) is 41.1 Å². The van der Waals surface area contributed by atoms with Crippen molar-refractivity contribution < 1.29 is 4.79 Å². The highest BCUT2D eigenvalue weighted by Crippen LogP contribution is 2.20. The fourth-order valence-electron chi connectivity index (χ4n) is 2.18. The van der Waals surface area contributed by atoms with Gasteiger partial charge in [-0.05, 0) is 61.7 Å². The van der Waals surface area contributed by atoms with Crippen LogP contribution in [0.25, 0.3) is 0 Å². The first kappa shape index (κ1) is 15.4. The van der Waals surface area contributed by atoms with Crippen molar-refractivity contribution in [2.24, 2.45) is 0 Å². The van der Waals surface area contributed by atoms with Crippen LogP contribution in [0.1, 0.15) is 16.7 Å². The number of benzene rings is 2. The highest BCUT2D eigenvalue weighted by molar-refractivity contribution is 6.31. The van der Waals surface area contributed by atoms with E-state index >= 15 is 0 Å². The number of carbonyl (C=O) groups excluding carboxylic acids is 1. The van der Waals surface area contributed by atoms with Crippen LogP contribution >= 0.6 is 11.6 Å². The molecule has 2 aromatic carbocycles. The second-order valence-electron chi connectivity index (χ2n) is 5.24. The molecule has 1 amide bonds. The van der Waals surface area contributed by atoms with E-state index in [1.807, 2.05) is 39.0 Å². The van der Waals surface area contributed by atoms with Gasteiger partial charge in [0.15, 0.2) is 0 Å². The van der Waals surface area contributed by atoms with E-state index in [9.17, 15) is 4.79 Å². The molecule has 4 heteroatoms. The van der Waals surface area contributed by atoms with E-state index in [1.165, 1.54) is 11.1 Å². The summed E-state index contributed by atoms with van der Waals surface area (Å²) in [6.45, 7) is 6.22. The zero-order valence-electron chi connectivity index (χ0n) is 12.5. The molecule has 0 saturated heterocycles. The largest absolute Gasteiger partial charge is 0.376 e. The Morgan fingerprint density at radius 3 is 2.38 bits per heavy atom. The van der Waals surface area contributed by atoms with Crippen LogP contribution in [0.2, 0.25) is 5.02 Å².